The first-order valence-corrected chi connectivity index (χ1v) is 7.84. The highest BCUT2D eigenvalue weighted by molar-refractivity contribution is 9.11. The number of rotatable bonds is 5. The van der Waals surface area contributed by atoms with Gasteiger partial charge in [0.25, 0.3) is 0 Å². The fraction of sp³-hybridized carbons (Fsp3) is 0.214. The first-order valence-electron chi connectivity index (χ1n) is 6.23. The summed E-state index contributed by atoms with van der Waals surface area (Å²) < 4.78 is 40.3. The van der Waals surface area contributed by atoms with Gasteiger partial charge in [-0.05, 0) is 47.2 Å². The van der Waals surface area contributed by atoms with Crippen molar-refractivity contribution in [3.05, 3.63) is 50.4 Å². The maximum absolute atomic E-state index is 13.5. The van der Waals surface area contributed by atoms with E-state index in [1.807, 2.05) is 12.1 Å². The van der Waals surface area contributed by atoms with Gasteiger partial charge in [0, 0.05) is 11.4 Å². The van der Waals surface area contributed by atoms with Crippen molar-refractivity contribution in [2.45, 2.75) is 6.54 Å². The third kappa shape index (κ3) is 4.31. The van der Waals surface area contributed by atoms with E-state index < -0.39 is 23.4 Å². The zero-order chi connectivity index (χ0) is 16.3. The van der Waals surface area contributed by atoms with Crippen molar-refractivity contribution >= 4 is 38.9 Å². The molecule has 0 aliphatic rings. The van der Waals surface area contributed by atoms with Crippen LogP contribution in [0.5, 0.6) is 0 Å². The second-order valence-corrected chi connectivity index (χ2v) is 7.20. The van der Waals surface area contributed by atoms with Gasteiger partial charge in [-0.3, -0.25) is 9.69 Å². The van der Waals surface area contributed by atoms with Crippen molar-refractivity contribution in [3.63, 3.8) is 0 Å². The summed E-state index contributed by atoms with van der Waals surface area (Å²) in [5.41, 5.74) is -0.379. The molecule has 0 unspecified atom stereocenters. The van der Waals surface area contributed by atoms with Gasteiger partial charge in [-0.1, -0.05) is 0 Å². The number of nitrogens with one attached hydrogen (secondary N) is 1. The molecule has 1 aromatic heterocycles. The Morgan fingerprint density at radius 3 is 2.59 bits per heavy atom. The third-order valence-corrected chi connectivity index (χ3v) is 4.39. The Morgan fingerprint density at radius 1 is 1.23 bits per heavy atom. The Morgan fingerprint density at radius 2 is 1.95 bits per heavy atom. The molecule has 8 heteroatoms. The van der Waals surface area contributed by atoms with Crippen LogP contribution in [0.4, 0.5) is 18.9 Å². The van der Waals surface area contributed by atoms with E-state index in [0.717, 1.165) is 20.8 Å². The minimum Gasteiger partial charge on any atom is -0.322 e. The Kier molecular flexibility index (Phi) is 5.60. The molecule has 0 spiro atoms. The lowest BCUT2D eigenvalue weighted by Gasteiger charge is -2.15. The summed E-state index contributed by atoms with van der Waals surface area (Å²) in [4.78, 5) is 14.6. The molecule has 0 saturated carbocycles. The van der Waals surface area contributed by atoms with Gasteiger partial charge in [-0.25, -0.2) is 13.2 Å². The Bertz CT molecular complexity index is 693. The quantitative estimate of drug-likeness (QED) is 0.779. The molecule has 2 aromatic rings. The molecular weight excluding hydrogens is 381 g/mol. The van der Waals surface area contributed by atoms with Crippen LogP contribution in [-0.4, -0.2) is 24.4 Å². The lowest BCUT2D eigenvalue weighted by molar-refractivity contribution is -0.117. The van der Waals surface area contributed by atoms with Crippen molar-refractivity contribution in [2.24, 2.45) is 0 Å². The number of thiophene rings is 1. The minimum atomic E-state index is -1.60. The molecule has 2 rings (SSSR count). The topological polar surface area (TPSA) is 32.3 Å². The lowest BCUT2D eigenvalue weighted by atomic mass is 10.2. The first-order chi connectivity index (χ1) is 10.4. The lowest BCUT2D eigenvalue weighted by Crippen LogP contribution is -2.30. The van der Waals surface area contributed by atoms with Gasteiger partial charge in [-0.15, -0.1) is 11.3 Å². The average Bonchev–Trinajstić information content (AvgIpc) is 2.84. The molecule has 0 aliphatic heterocycles. The smallest absolute Gasteiger partial charge is 0.238 e. The SMILES string of the molecule is CN(CC(=O)Nc1ccc(F)c(F)c1F)Cc1ccc(Br)s1. The molecule has 1 amide bonds. The number of carbonyl (C=O) groups is 1. The molecule has 0 atom stereocenters. The second-order valence-electron chi connectivity index (χ2n) is 4.65. The second kappa shape index (κ2) is 7.26. The monoisotopic (exact) mass is 392 g/mol. The maximum atomic E-state index is 13.5. The van der Waals surface area contributed by atoms with Gasteiger partial charge in [-0.2, -0.15) is 0 Å². The summed E-state index contributed by atoms with van der Waals surface area (Å²) in [5.74, 6) is -4.81. The number of carbonyl (C=O) groups excluding carboxylic acids is 1. The van der Waals surface area contributed by atoms with E-state index in [-0.39, 0.29) is 12.2 Å². The van der Waals surface area contributed by atoms with E-state index in [9.17, 15) is 18.0 Å². The largest absolute Gasteiger partial charge is 0.322 e. The minimum absolute atomic E-state index is 0.00600. The van der Waals surface area contributed by atoms with E-state index in [0.29, 0.717) is 6.54 Å². The fourth-order valence-corrected chi connectivity index (χ4v) is 3.38. The van der Waals surface area contributed by atoms with E-state index in [1.54, 1.807) is 23.3 Å². The molecule has 0 aliphatic carbocycles. The fourth-order valence-electron chi connectivity index (χ4n) is 1.82. The summed E-state index contributed by atoms with van der Waals surface area (Å²) in [6.07, 6.45) is 0. The van der Waals surface area contributed by atoms with Gasteiger partial charge in [0.2, 0.25) is 5.91 Å². The molecular formula is C14H12BrF3N2OS. The summed E-state index contributed by atoms with van der Waals surface area (Å²) in [6, 6.07) is 5.59. The van der Waals surface area contributed by atoms with Crippen LogP contribution in [-0.2, 0) is 11.3 Å². The molecule has 1 heterocycles. The molecule has 118 valence electrons. The summed E-state index contributed by atoms with van der Waals surface area (Å²) in [6.45, 7) is 0.540. The predicted molar refractivity (Wildman–Crippen MR) is 83.3 cm³/mol. The van der Waals surface area contributed by atoms with Gasteiger partial charge in [0.05, 0.1) is 16.0 Å². The molecule has 3 nitrogen and oxygen atoms in total. The number of hydrogen-bond donors (Lipinski definition) is 1. The molecule has 0 saturated heterocycles. The molecule has 1 aromatic carbocycles. The van der Waals surface area contributed by atoms with Crippen molar-refractivity contribution in [1.82, 2.24) is 4.90 Å². The van der Waals surface area contributed by atoms with Crippen LogP contribution in [0.3, 0.4) is 0 Å². The molecule has 22 heavy (non-hydrogen) atoms. The van der Waals surface area contributed by atoms with Crippen LogP contribution in [0.1, 0.15) is 4.88 Å². The van der Waals surface area contributed by atoms with Gasteiger partial charge in [0.1, 0.15) is 0 Å². The number of amides is 1. The number of halogens is 4. The highest BCUT2D eigenvalue weighted by atomic mass is 79.9. The van der Waals surface area contributed by atoms with Crippen LogP contribution in [0.2, 0.25) is 0 Å². The van der Waals surface area contributed by atoms with E-state index >= 15 is 0 Å². The zero-order valence-electron chi connectivity index (χ0n) is 11.5. The Labute approximate surface area is 137 Å². The molecule has 0 radical (unpaired) electrons. The standard InChI is InChI=1S/C14H12BrF3N2OS/c1-20(6-8-2-5-11(15)22-8)7-12(21)19-10-4-3-9(16)13(17)14(10)18/h2-5H,6-7H2,1H3,(H,19,21). The predicted octanol–water partition coefficient (Wildman–Crippen LogP) is 4.00. The van der Waals surface area contributed by atoms with Crippen molar-refractivity contribution in [3.8, 4) is 0 Å². The maximum Gasteiger partial charge on any atom is 0.238 e. The first kappa shape index (κ1) is 17.0. The van der Waals surface area contributed by atoms with Gasteiger partial charge < -0.3 is 5.32 Å². The summed E-state index contributed by atoms with van der Waals surface area (Å²) in [7, 11) is 1.73. The van der Waals surface area contributed by atoms with Crippen LogP contribution < -0.4 is 5.32 Å². The van der Waals surface area contributed by atoms with Crippen LogP contribution in [0, 0.1) is 17.5 Å². The average molecular weight is 393 g/mol. The number of nitrogens with zero attached hydrogens (tertiary/aromatic N) is 1. The highest BCUT2D eigenvalue weighted by Gasteiger charge is 2.16. The van der Waals surface area contributed by atoms with Crippen LogP contribution in [0.15, 0.2) is 28.1 Å². The van der Waals surface area contributed by atoms with E-state index in [2.05, 4.69) is 21.2 Å². The molecule has 0 fully saturated rings. The van der Waals surface area contributed by atoms with E-state index in [4.69, 9.17) is 0 Å². The van der Waals surface area contributed by atoms with Crippen LogP contribution >= 0.6 is 27.3 Å². The molecule has 0 bridgehead atoms. The highest BCUT2D eigenvalue weighted by Crippen LogP contribution is 2.23. The third-order valence-electron chi connectivity index (χ3n) is 2.78. The van der Waals surface area contributed by atoms with Crippen LogP contribution in [0.25, 0.3) is 0 Å². The number of hydrogen-bond acceptors (Lipinski definition) is 3. The van der Waals surface area contributed by atoms with Gasteiger partial charge >= 0.3 is 0 Å². The normalized spacial score (nSPS) is 11.0. The van der Waals surface area contributed by atoms with Crippen molar-refractivity contribution in [1.29, 1.82) is 0 Å². The molecule has 1 N–H and O–H groups in total. The summed E-state index contributed by atoms with van der Waals surface area (Å²) in [5, 5.41) is 2.23. The number of likely N-dealkylation sites (N-methyl/N-ethyl adjacent to an activating group) is 1. The Balaban J connectivity index is 1.94. The summed E-state index contributed by atoms with van der Waals surface area (Å²) >= 11 is 4.90. The number of benzene rings is 1. The Hall–Kier alpha value is -1.38. The van der Waals surface area contributed by atoms with E-state index in [1.165, 1.54) is 0 Å². The van der Waals surface area contributed by atoms with Gasteiger partial charge in [0.15, 0.2) is 17.5 Å². The van der Waals surface area contributed by atoms with Crippen molar-refractivity contribution < 1.29 is 18.0 Å². The number of anilines is 1. The van der Waals surface area contributed by atoms with Crippen molar-refractivity contribution in [2.75, 3.05) is 18.9 Å². The zero-order valence-corrected chi connectivity index (χ0v) is 13.9.